The summed E-state index contributed by atoms with van der Waals surface area (Å²) < 4.78 is 2.38. The van der Waals surface area contributed by atoms with E-state index in [0.717, 1.165) is 10.8 Å². The van der Waals surface area contributed by atoms with Gasteiger partial charge < -0.3 is 11.1 Å². The van der Waals surface area contributed by atoms with E-state index in [1.807, 2.05) is 11.9 Å². The fourth-order valence-corrected chi connectivity index (χ4v) is 3.64. The van der Waals surface area contributed by atoms with Gasteiger partial charge in [0.05, 0.1) is 11.6 Å². The summed E-state index contributed by atoms with van der Waals surface area (Å²) in [5, 5.41) is 3.46. The third kappa shape index (κ3) is 7.51. The summed E-state index contributed by atoms with van der Waals surface area (Å²) in [6.07, 6.45) is 3.04. The molecule has 98 valence electrons. The van der Waals surface area contributed by atoms with Crippen LogP contribution < -0.4 is 11.1 Å². The van der Waals surface area contributed by atoms with Gasteiger partial charge in [0, 0.05) is 25.3 Å². The minimum absolute atomic E-state index is 0.0635. The van der Waals surface area contributed by atoms with Gasteiger partial charge in [-0.1, -0.05) is 11.9 Å². The third-order valence-corrected chi connectivity index (χ3v) is 4.63. The highest BCUT2D eigenvalue weighted by Crippen LogP contribution is 2.22. The molecule has 2 amide bonds. The number of carbonyl (C=O) groups is 2. The normalized spacial score (nSPS) is 16.0. The van der Waals surface area contributed by atoms with Gasteiger partial charge in [-0.15, -0.1) is 11.8 Å². The highest BCUT2D eigenvalue weighted by Gasteiger charge is 2.11. The summed E-state index contributed by atoms with van der Waals surface area (Å²) in [5.41, 5.74) is 4.92. The molecule has 0 aliphatic carbocycles. The molecular weight excluding hydrogens is 258 g/mol. The van der Waals surface area contributed by atoms with Crippen molar-refractivity contribution in [3.8, 4) is 0 Å². The number of nitrogens with zero attached hydrogens (tertiary/aromatic N) is 1. The first-order valence-electron chi connectivity index (χ1n) is 5.69. The molecule has 17 heavy (non-hydrogen) atoms. The van der Waals surface area contributed by atoms with Crippen LogP contribution in [0, 0.1) is 0 Å². The number of thioether (sulfide) groups is 1. The molecule has 3 N–H and O–H groups in total. The van der Waals surface area contributed by atoms with Gasteiger partial charge in [0.2, 0.25) is 11.8 Å². The van der Waals surface area contributed by atoms with Crippen molar-refractivity contribution in [3.05, 3.63) is 0 Å². The topological polar surface area (TPSA) is 75.4 Å². The van der Waals surface area contributed by atoms with Crippen LogP contribution in [0.4, 0.5) is 0 Å². The Morgan fingerprint density at radius 2 is 2.00 bits per heavy atom. The first kappa shape index (κ1) is 14.7. The Kier molecular flexibility index (Phi) is 7.46. The van der Waals surface area contributed by atoms with Gasteiger partial charge in [0.15, 0.2) is 0 Å². The summed E-state index contributed by atoms with van der Waals surface area (Å²) in [6.45, 7) is 2.31. The molecule has 0 aromatic heterocycles. The van der Waals surface area contributed by atoms with Crippen LogP contribution >= 0.6 is 23.7 Å². The van der Waals surface area contributed by atoms with Crippen molar-refractivity contribution in [2.45, 2.75) is 19.3 Å². The SMILES string of the molecule is NC(=O)CNC(=O)CCSCSN1CCCC1. The van der Waals surface area contributed by atoms with E-state index in [4.69, 9.17) is 5.73 Å². The molecule has 0 saturated carbocycles. The molecule has 1 aliphatic heterocycles. The molecule has 1 heterocycles. The van der Waals surface area contributed by atoms with Crippen molar-refractivity contribution in [1.82, 2.24) is 9.62 Å². The number of primary amides is 1. The molecule has 1 fully saturated rings. The van der Waals surface area contributed by atoms with Gasteiger partial charge in [0.1, 0.15) is 0 Å². The average molecular weight is 277 g/mol. The lowest BCUT2D eigenvalue weighted by Crippen LogP contribution is -2.33. The quantitative estimate of drug-likeness (QED) is 0.382. The second kappa shape index (κ2) is 8.66. The number of amides is 2. The molecule has 0 aromatic rings. The molecule has 7 heteroatoms. The molecular formula is C10H19N3O2S2. The molecule has 0 unspecified atom stereocenters. The van der Waals surface area contributed by atoms with Crippen LogP contribution in [0.2, 0.25) is 0 Å². The van der Waals surface area contributed by atoms with E-state index in [2.05, 4.69) is 9.62 Å². The van der Waals surface area contributed by atoms with Gasteiger partial charge in [-0.25, -0.2) is 4.31 Å². The van der Waals surface area contributed by atoms with Crippen LogP contribution in [0.5, 0.6) is 0 Å². The molecule has 0 atom stereocenters. The van der Waals surface area contributed by atoms with Crippen LogP contribution in [0.15, 0.2) is 0 Å². The van der Waals surface area contributed by atoms with E-state index in [9.17, 15) is 9.59 Å². The summed E-state index contributed by atoms with van der Waals surface area (Å²) >= 11 is 3.59. The maximum Gasteiger partial charge on any atom is 0.236 e. The van der Waals surface area contributed by atoms with Gasteiger partial charge in [-0.3, -0.25) is 9.59 Å². The van der Waals surface area contributed by atoms with Crippen molar-refractivity contribution in [1.29, 1.82) is 0 Å². The van der Waals surface area contributed by atoms with Gasteiger partial charge in [-0.2, -0.15) is 0 Å². The summed E-state index contributed by atoms with van der Waals surface area (Å²) in [6, 6.07) is 0. The van der Waals surface area contributed by atoms with E-state index >= 15 is 0 Å². The maximum atomic E-state index is 11.2. The lowest BCUT2D eigenvalue weighted by molar-refractivity contribution is -0.124. The Hall–Kier alpha value is -0.400. The number of hydrogen-bond donors (Lipinski definition) is 2. The van der Waals surface area contributed by atoms with Crippen molar-refractivity contribution in [3.63, 3.8) is 0 Å². The first-order valence-corrected chi connectivity index (χ1v) is 7.79. The largest absolute Gasteiger partial charge is 0.368 e. The minimum Gasteiger partial charge on any atom is -0.368 e. The van der Waals surface area contributed by atoms with Crippen LogP contribution in [0.25, 0.3) is 0 Å². The number of nitrogens with two attached hydrogens (primary N) is 1. The third-order valence-electron chi connectivity index (χ3n) is 2.32. The Labute approximate surface area is 110 Å². The summed E-state index contributed by atoms with van der Waals surface area (Å²) in [4.78, 5) is 21.6. The van der Waals surface area contributed by atoms with Crippen LogP contribution in [-0.4, -0.2) is 46.6 Å². The van der Waals surface area contributed by atoms with E-state index in [0.29, 0.717) is 6.42 Å². The monoisotopic (exact) mass is 277 g/mol. The Morgan fingerprint density at radius 3 is 2.65 bits per heavy atom. The Balaban J connectivity index is 1.89. The molecule has 0 spiro atoms. The van der Waals surface area contributed by atoms with E-state index in [1.165, 1.54) is 25.9 Å². The molecule has 0 radical (unpaired) electrons. The zero-order valence-corrected chi connectivity index (χ0v) is 11.4. The molecule has 1 rings (SSSR count). The zero-order chi connectivity index (χ0) is 12.5. The number of carbonyl (C=O) groups excluding carboxylic acids is 2. The summed E-state index contributed by atoms with van der Waals surface area (Å²) in [5.74, 6) is 0.170. The predicted octanol–water partition coefficient (Wildman–Crippen LogP) is 0.413. The van der Waals surface area contributed by atoms with Gasteiger partial charge >= 0.3 is 0 Å². The predicted molar refractivity (Wildman–Crippen MR) is 72.5 cm³/mol. The van der Waals surface area contributed by atoms with Crippen molar-refractivity contribution < 1.29 is 9.59 Å². The summed E-state index contributed by atoms with van der Waals surface area (Å²) in [7, 11) is 0. The second-order valence-electron chi connectivity index (χ2n) is 3.78. The van der Waals surface area contributed by atoms with E-state index in [1.54, 1.807) is 11.8 Å². The molecule has 1 aliphatic rings. The Bertz CT molecular complexity index is 258. The second-order valence-corrected chi connectivity index (χ2v) is 6.32. The number of rotatable bonds is 8. The molecule has 0 bridgehead atoms. The highest BCUT2D eigenvalue weighted by atomic mass is 32.2. The van der Waals surface area contributed by atoms with Crippen LogP contribution in [-0.2, 0) is 9.59 Å². The van der Waals surface area contributed by atoms with Crippen LogP contribution in [0.1, 0.15) is 19.3 Å². The molecule has 0 aromatic carbocycles. The Morgan fingerprint density at radius 1 is 1.29 bits per heavy atom. The molecule has 1 saturated heterocycles. The van der Waals surface area contributed by atoms with Crippen molar-refractivity contribution >= 4 is 35.5 Å². The zero-order valence-electron chi connectivity index (χ0n) is 9.81. The standard InChI is InChI=1S/C10H19N3O2S2/c11-9(14)7-12-10(15)3-6-16-8-17-13-4-1-2-5-13/h1-8H2,(H2,11,14)(H,12,15). The minimum atomic E-state index is -0.504. The smallest absolute Gasteiger partial charge is 0.236 e. The van der Waals surface area contributed by atoms with Crippen molar-refractivity contribution in [2.24, 2.45) is 5.73 Å². The first-order chi connectivity index (χ1) is 8.18. The lowest BCUT2D eigenvalue weighted by Gasteiger charge is -2.12. The highest BCUT2D eigenvalue weighted by molar-refractivity contribution is 8.14. The van der Waals surface area contributed by atoms with E-state index in [-0.39, 0.29) is 12.5 Å². The fraction of sp³-hybridized carbons (Fsp3) is 0.800. The number of hydrogen-bond acceptors (Lipinski definition) is 5. The van der Waals surface area contributed by atoms with Gasteiger partial charge in [0.25, 0.3) is 0 Å². The lowest BCUT2D eigenvalue weighted by atomic mass is 10.4. The molecule has 5 nitrogen and oxygen atoms in total. The van der Waals surface area contributed by atoms with E-state index < -0.39 is 5.91 Å². The fourth-order valence-electron chi connectivity index (χ4n) is 1.43. The number of nitrogens with one attached hydrogen (secondary N) is 1. The van der Waals surface area contributed by atoms with Crippen molar-refractivity contribution in [2.75, 3.05) is 30.5 Å². The maximum absolute atomic E-state index is 11.2. The van der Waals surface area contributed by atoms with Gasteiger partial charge in [-0.05, 0) is 12.8 Å². The van der Waals surface area contributed by atoms with Crippen LogP contribution in [0.3, 0.4) is 0 Å². The average Bonchev–Trinajstić information content (AvgIpc) is 2.79.